The maximum absolute atomic E-state index is 12.9. The van der Waals surface area contributed by atoms with E-state index < -0.39 is 0 Å². The molecular formula is C22H20N4O2S2. The van der Waals surface area contributed by atoms with Crippen LogP contribution in [-0.4, -0.2) is 26.5 Å². The van der Waals surface area contributed by atoms with E-state index in [1.54, 1.807) is 0 Å². The number of fused-ring (bicyclic) bond motifs is 2. The SMILES string of the molecule is Cc1nn(-c2ccccc2)c2sc(C(=O)Nc3nc4c(s3)C(=O)CC(C)(C)C4)cc12. The van der Waals surface area contributed by atoms with Crippen LogP contribution in [-0.2, 0) is 6.42 Å². The molecule has 0 atom stereocenters. The van der Waals surface area contributed by atoms with Crippen molar-refractivity contribution in [3.8, 4) is 5.69 Å². The Kier molecular flexibility index (Phi) is 4.37. The molecule has 0 spiro atoms. The molecule has 152 valence electrons. The van der Waals surface area contributed by atoms with Gasteiger partial charge in [-0.05, 0) is 37.0 Å². The van der Waals surface area contributed by atoms with Gasteiger partial charge in [-0.25, -0.2) is 9.67 Å². The van der Waals surface area contributed by atoms with Crippen molar-refractivity contribution in [2.24, 2.45) is 5.41 Å². The van der Waals surface area contributed by atoms with E-state index >= 15 is 0 Å². The lowest BCUT2D eigenvalue weighted by atomic mass is 9.78. The minimum absolute atomic E-state index is 0.0915. The third-order valence-corrected chi connectivity index (χ3v) is 7.39. The van der Waals surface area contributed by atoms with Crippen molar-refractivity contribution in [3.05, 3.63) is 57.5 Å². The number of carbonyl (C=O) groups is 2. The van der Waals surface area contributed by atoms with Gasteiger partial charge >= 0.3 is 0 Å². The van der Waals surface area contributed by atoms with Gasteiger partial charge in [0, 0.05) is 11.8 Å². The molecule has 1 aliphatic carbocycles. The van der Waals surface area contributed by atoms with Crippen molar-refractivity contribution in [2.45, 2.75) is 33.6 Å². The van der Waals surface area contributed by atoms with E-state index in [1.165, 1.54) is 22.7 Å². The second-order valence-electron chi connectivity index (χ2n) is 8.35. The average molecular weight is 437 g/mol. The Morgan fingerprint density at radius 1 is 1.17 bits per heavy atom. The quantitative estimate of drug-likeness (QED) is 0.475. The van der Waals surface area contributed by atoms with Crippen LogP contribution in [0.1, 0.15) is 51.0 Å². The first-order valence-corrected chi connectivity index (χ1v) is 11.3. The van der Waals surface area contributed by atoms with Crippen molar-refractivity contribution < 1.29 is 9.59 Å². The first-order chi connectivity index (χ1) is 14.3. The number of thiazole rings is 1. The summed E-state index contributed by atoms with van der Waals surface area (Å²) in [7, 11) is 0. The first kappa shape index (κ1) is 19.1. The lowest BCUT2D eigenvalue weighted by Gasteiger charge is -2.26. The first-order valence-electron chi connectivity index (χ1n) is 9.70. The number of Topliss-reactive ketones (excluding diaryl/α,β-unsaturated/α-hetero) is 1. The Hall–Kier alpha value is -2.84. The van der Waals surface area contributed by atoms with Gasteiger partial charge in [-0.3, -0.25) is 14.9 Å². The summed E-state index contributed by atoms with van der Waals surface area (Å²) < 4.78 is 1.87. The summed E-state index contributed by atoms with van der Waals surface area (Å²) in [6, 6.07) is 11.7. The van der Waals surface area contributed by atoms with Gasteiger partial charge in [-0.1, -0.05) is 43.4 Å². The van der Waals surface area contributed by atoms with Crippen LogP contribution in [0.2, 0.25) is 0 Å². The van der Waals surface area contributed by atoms with Crippen LogP contribution in [0.15, 0.2) is 36.4 Å². The maximum Gasteiger partial charge on any atom is 0.267 e. The normalized spacial score (nSPS) is 15.4. The smallest absolute Gasteiger partial charge is 0.267 e. The van der Waals surface area contributed by atoms with E-state index in [1.807, 2.05) is 48.0 Å². The van der Waals surface area contributed by atoms with E-state index in [0.717, 1.165) is 33.7 Å². The van der Waals surface area contributed by atoms with E-state index in [4.69, 9.17) is 0 Å². The van der Waals surface area contributed by atoms with Gasteiger partial charge < -0.3 is 0 Å². The molecule has 0 saturated carbocycles. The van der Waals surface area contributed by atoms with Crippen molar-refractivity contribution in [2.75, 3.05) is 5.32 Å². The number of amides is 1. The Morgan fingerprint density at radius 3 is 2.70 bits per heavy atom. The highest BCUT2D eigenvalue weighted by molar-refractivity contribution is 7.21. The summed E-state index contributed by atoms with van der Waals surface area (Å²) in [5.74, 6) is -0.104. The second kappa shape index (κ2) is 6.85. The molecule has 30 heavy (non-hydrogen) atoms. The highest BCUT2D eigenvalue weighted by Gasteiger charge is 2.34. The summed E-state index contributed by atoms with van der Waals surface area (Å²) in [6.07, 6.45) is 1.26. The number of carbonyl (C=O) groups excluding carboxylic acids is 2. The molecule has 0 aliphatic heterocycles. The molecule has 0 bridgehead atoms. The number of thiophene rings is 1. The number of para-hydroxylation sites is 1. The van der Waals surface area contributed by atoms with Crippen LogP contribution >= 0.6 is 22.7 Å². The average Bonchev–Trinajstić information content (AvgIpc) is 3.36. The predicted octanol–water partition coefficient (Wildman–Crippen LogP) is 5.26. The lowest BCUT2D eigenvalue weighted by Crippen LogP contribution is -2.26. The van der Waals surface area contributed by atoms with Gasteiger partial charge in [0.05, 0.1) is 26.8 Å². The molecule has 1 N–H and O–H groups in total. The molecule has 4 aromatic rings. The van der Waals surface area contributed by atoms with Gasteiger partial charge in [0.2, 0.25) is 0 Å². The van der Waals surface area contributed by atoms with Crippen LogP contribution in [0.4, 0.5) is 5.13 Å². The summed E-state index contributed by atoms with van der Waals surface area (Å²) in [4.78, 5) is 32.1. The van der Waals surface area contributed by atoms with Gasteiger partial charge in [-0.2, -0.15) is 5.10 Å². The van der Waals surface area contributed by atoms with E-state index in [0.29, 0.717) is 21.3 Å². The molecule has 3 heterocycles. The van der Waals surface area contributed by atoms with Crippen LogP contribution in [0, 0.1) is 12.3 Å². The second-order valence-corrected chi connectivity index (χ2v) is 10.4. The zero-order valence-corrected chi connectivity index (χ0v) is 18.5. The number of benzene rings is 1. The number of nitrogens with zero attached hydrogens (tertiary/aromatic N) is 3. The van der Waals surface area contributed by atoms with E-state index in [9.17, 15) is 9.59 Å². The molecular weight excluding hydrogens is 416 g/mol. The van der Waals surface area contributed by atoms with Crippen molar-refractivity contribution in [3.63, 3.8) is 0 Å². The molecule has 0 unspecified atom stereocenters. The number of ketones is 1. The molecule has 0 radical (unpaired) electrons. The number of rotatable bonds is 3. The van der Waals surface area contributed by atoms with Gasteiger partial charge in [0.1, 0.15) is 4.83 Å². The fourth-order valence-electron chi connectivity index (χ4n) is 3.84. The van der Waals surface area contributed by atoms with Crippen molar-refractivity contribution in [1.82, 2.24) is 14.8 Å². The Bertz CT molecular complexity index is 1300. The molecule has 0 fully saturated rings. The topological polar surface area (TPSA) is 76.9 Å². The van der Waals surface area contributed by atoms with E-state index in [2.05, 4.69) is 29.2 Å². The predicted molar refractivity (Wildman–Crippen MR) is 120 cm³/mol. The number of hydrogen-bond acceptors (Lipinski definition) is 6. The van der Waals surface area contributed by atoms with Gasteiger partial charge in [0.25, 0.3) is 5.91 Å². The van der Waals surface area contributed by atoms with Gasteiger partial charge in [0.15, 0.2) is 10.9 Å². The zero-order chi connectivity index (χ0) is 21.0. The fraction of sp³-hybridized carbons (Fsp3) is 0.273. The minimum atomic E-state index is -0.215. The monoisotopic (exact) mass is 436 g/mol. The summed E-state index contributed by atoms with van der Waals surface area (Å²) in [5, 5.41) is 8.95. The third-order valence-electron chi connectivity index (χ3n) is 5.23. The molecule has 1 amide bonds. The lowest BCUT2D eigenvalue weighted by molar-refractivity contribution is 0.0915. The number of aromatic nitrogens is 3. The standard InChI is InChI=1S/C22H20N4O2S2/c1-12-14-9-17(29-20(14)26(25-12)13-7-5-4-6-8-13)19(28)24-21-23-15-10-22(2,3)11-16(27)18(15)30-21/h4-9H,10-11H2,1-3H3,(H,23,24,28). The molecule has 3 aromatic heterocycles. The van der Waals surface area contributed by atoms with Crippen LogP contribution in [0.5, 0.6) is 0 Å². The molecule has 0 saturated heterocycles. The number of aryl methyl sites for hydroxylation is 1. The van der Waals surface area contributed by atoms with Crippen LogP contribution in [0.3, 0.4) is 0 Å². The zero-order valence-electron chi connectivity index (χ0n) is 16.9. The Labute approximate surface area is 181 Å². The maximum atomic E-state index is 12.9. The van der Waals surface area contributed by atoms with Crippen molar-refractivity contribution in [1.29, 1.82) is 0 Å². The largest absolute Gasteiger partial charge is 0.297 e. The Balaban J connectivity index is 1.45. The van der Waals surface area contributed by atoms with Crippen LogP contribution < -0.4 is 5.32 Å². The molecule has 8 heteroatoms. The number of nitrogens with one attached hydrogen (secondary N) is 1. The molecule has 1 aromatic carbocycles. The highest BCUT2D eigenvalue weighted by atomic mass is 32.1. The number of hydrogen-bond donors (Lipinski definition) is 1. The molecule has 6 nitrogen and oxygen atoms in total. The van der Waals surface area contributed by atoms with Crippen molar-refractivity contribution >= 4 is 49.7 Å². The highest BCUT2D eigenvalue weighted by Crippen LogP contribution is 2.38. The molecule has 5 rings (SSSR count). The summed E-state index contributed by atoms with van der Waals surface area (Å²) in [5.41, 5.74) is 2.54. The molecule has 1 aliphatic rings. The van der Waals surface area contributed by atoms with E-state index in [-0.39, 0.29) is 17.1 Å². The third kappa shape index (κ3) is 3.26. The summed E-state index contributed by atoms with van der Waals surface area (Å²) in [6.45, 7) is 6.08. The minimum Gasteiger partial charge on any atom is -0.297 e. The van der Waals surface area contributed by atoms with Crippen LogP contribution in [0.25, 0.3) is 15.9 Å². The fourth-order valence-corrected chi connectivity index (χ4v) is 5.83. The Morgan fingerprint density at radius 2 is 1.93 bits per heavy atom. The number of anilines is 1. The summed E-state index contributed by atoms with van der Waals surface area (Å²) >= 11 is 2.67. The van der Waals surface area contributed by atoms with Gasteiger partial charge in [-0.15, -0.1) is 11.3 Å².